The molecule has 134 valence electrons. The fourth-order valence-electron chi connectivity index (χ4n) is 2.21. The van der Waals surface area contributed by atoms with Gasteiger partial charge in [-0.2, -0.15) is 0 Å². The lowest BCUT2D eigenvalue weighted by Gasteiger charge is -2.11. The van der Waals surface area contributed by atoms with Crippen LogP contribution in [0.1, 0.15) is 15.9 Å². The number of hydrogen-bond donors (Lipinski definition) is 2. The molecule has 0 saturated carbocycles. The van der Waals surface area contributed by atoms with Crippen LogP contribution in [0.25, 0.3) is 0 Å². The molecule has 0 radical (unpaired) electrons. The Morgan fingerprint density at radius 2 is 1.96 bits per heavy atom. The third-order valence-electron chi connectivity index (χ3n) is 3.58. The molecule has 1 aromatic carbocycles. The highest BCUT2D eigenvalue weighted by atomic mass is 35.5. The van der Waals surface area contributed by atoms with Gasteiger partial charge in [-0.25, -0.2) is 4.98 Å². The van der Waals surface area contributed by atoms with E-state index >= 15 is 0 Å². The van der Waals surface area contributed by atoms with Crippen molar-refractivity contribution in [1.29, 1.82) is 0 Å². The Balaban J connectivity index is 1.86. The Morgan fingerprint density at radius 1 is 1.16 bits per heavy atom. The fourth-order valence-corrected chi connectivity index (χ4v) is 2.72. The van der Waals surface area contributed by atoms with Crippen LogP contribution in [0.5, 0.6) is 0 Å². The van der Waals surface area contributed by atoms with E-state index in [1.807, 2.05) is 20.2 Å². The number of anilines is 1. The van der Waals surface area contributed by atoms with Crippen LogP contribution in [0.2, 0.25) is 10.0 Å². The van der Waals surface area contributed by atoms with Crippen molar-refractivity contribution in [3.63, 3.8) is 0 Å². The van der Waals surface area contributed by atoms with Crippen LogP contribution in [0.15, 0.2) is 36.5 Å². The van der Waals surface area contributed by atoms with Gasteiger partial charge in [-0.1, -0.05) is 29.3 Å². The molecule has 5 nitrogen and oxygen atoms in total. The maximum Gasteiger partial charge on any atom is 0.251 e. The summed E-state index contributed by atoms with van der Waals surface area (Å²) in [6, 6.07) is 8.81. The molecule has 0 aliphatic heterocycles. The molecule has 0 aliphatic carbocycles. The predicted molar refractivity (Wildman–Crippen MR) is 104 cm³/mol. The number of amides is 1. The topological polar surface area (TPSA) is 57.3 Å². The number of carbonyl (C=O) groups excluding carboxylic acids is 1. The molecular formula is C18H22Cl2N4O. The van der Waals surface area contributed by atoms with Gasteiger partial charge in [0.2, 0.25) is 0 Å². The fraction of sp³-hybridized carbons (Fsp3) is 0.333. The third-order valence-corrected chi connectivity index (χ3v) is 4.17. The number of nitrogens with one attached hydrogen (secondary N) is 2. The van der Waals surface area contributed by atoms with Crippen molar-refractivity contribution in [2.24, 2.45) is 0 Å². The van der Waals surface area contributed by atoms with Crippen LogP contribution in [0.3, 0.4) is 0 Å². The summed E-state index contributed by atoms with van der Waals surface area (Å²) >= 11 is 12.0. The molecule has 0 aliphatic rings. The Hall–Kier alpha value is -1.82. The Morgan fingerprint density at radius 3 is 2.68 bits per heavy atom. The second-order valence-electron chi connectivity index (χ2n) is 5.90. The number of halogens is 2. The zero-order chi connectivity index (χ0) is 18.2. The van der Waals surface area contributed by atoms with Crippen molar-refractivity contribution >= 4 is 34.9 Å². The van der Waals surface area contributed by atoms with E-state index in [2.05, 4.69) is 20.5 Å². The zero-order valence-electron chi connectivity index (χ0n) is 14.4. The first-order chi connectivity index (χ1) is 12.0. The number of aromatic nitrogens is 1. The van der Waals surface area contributed by atoms with E-state index in [0.717, 1.165) is 18.7 Å². The minimum absolute atomic E-state index is 0.136. The number of likely N-dealkylation sites (N-methyl/N-ethyl adjacent to an activating group) is 1. The molecule has 0 atom stereocenters. The minimum atomic E-state index is -0.136. The second kappa shape index (κ2) is 9.61. The normalized spacial score (nSPS) is 10.8. The summed E-state index contributed by atoms with van der Waals surface area (Å²) in [5.41, 5.74) is 1.52. The Labute approximate surface area is 158 Å². The third kappa shape index (κ3) is 6.53. The number of rotatable bonds is 8. The van der Waals surface area contributed by atoms with E-state index in [-0.39, 0.29) is 5.91 Å². The molecule has 0 fully saturated rings. The van der Waals surface area contributed by atoms with Crippen molar-refractivity contribution in [3.8, 4) is 0 Å². The molecule has 0 saturated heterocycles. The molecule has 2 rings (SSSR count). The largest absolute Gasteiger partial charge is 0.369 e. The predicted octanol–water partition coefficient (Wildman–Crippen LogP) is 3.33. The molecule has 1 heterocycles. The summed E-state index contributed by atoms with van der Waals surface area (Å²) in [5.74, 6) is 0.554. The second-order valence-corrected chi connectivity index (χ2v) is 6.75. The van der Waals surface area contributed by atoms with Crippen LogP contribution in [-0.4, -0.2) is 49.5 Å². The average Bonchev–Trinajstić information content (AvgIpc) is 2.56. The number of carbonyl (C=O) groups is 1. The van der Waals surface area contributed by atoms with Gasteiger partial charge in [-0.15, -0.1) is 0 Å². The van der Waals surface area contributed by atoms with E-state index < -0.39 is 0 Å². The summed E-state index contributed by atoms with van der Waals surface area (Å²) in [5, 5.41) is 7.31. The summed E-state index contributed by atoms with van der Waals surface area (Å²) < 4.78 is 0. The first-order valence-corrected chi connectivity index (χ1v) is 8.78. The highest BCUT2D eigenvalue weighted by Crippen LogP contribution is 2.21. The number of benzene rings is 1. The van der Waals surface area contributed by atoms with Gasteiger partial charge in [-0.3, -0.25) is 4.79 Å². The smallest absolute Gasteiger partial charge is 0.251 e. The van der Waals surface area contributed by atoms with E-state index in [4.69, 9.17) is 23.2 Å². The Kier molecular flexibility index (Phi) is 7.50. The highest BCUT2D eigenvalue weighted by molar-refractivity contribution is 6.35. The molecule has 1 amide bonds. The van der Waals surface area contributed by atoms with Crippen molar-refractivity contribution < 1.29 is 4.79 Å². The van der Waals surface area contributed by atoms with E-state index in [1.54, 1.807) is 30.5 Å². The molecule has 0 unspecified atom stereocenters. The lowest BCUT2D eigenvalue weighted by molar-refractivity contribution is 0.0954. The van der Waals surface area contributed by atoms with Crippen LogP contribution in [0, 0.1) is 0 Å². The summed E-state index contributed by atoms with van der Waals surface area (Å²) in [6.07, 6.45) is 2.27. The SMILES string of the molecule is CN(C)CCNc1cc(C(=O)NCCc2ccc(Cl)cc2Cl)ccn1. The van der Waals surface area contributed by atoms with Crippen molar-refractivity contribution in [3.05, 3.63) is 57.7 Å². The van der Waals surface area contributed by atoms with E-state index in [1.165, 1.54) is 0 Å². The first kappa shape index (κ1) is 19.5. The van der Waals surface area contributed by atoms with Gasteiger partial charge in [0.25, 0.3) is 5.91 Å². The maximum absolute atomic E-state index is 12.3. The van der Waals surface area contributed by atoms with Crippen molar-refractivity contribution in [2.75, 3.05) is 39.0 Å². The standard InChI is InChI=1S/C18H22Cl2N4O/c1-24(2)10-9-22-17-11-14(6-7-21-17)18(25)23-8-5-13-3-4-15(19)12-16(13)20/h3-4,6-7,11-12H,5,8-10H2,1-2H3,(H,21,22)(H,23,25). The summed E-state index contributed by atoms with van der Waals surface area (Å²) in [7, 11) is 4.01. The molecule has 0 bridgehead atoms. The van der Waals surface area contributed by atoms with Gasteiger partial charge in [-0.05, 0) is 50.3 Å². The van der Waals surface area contributed by atoms with E-state index in [0.29, 0.717) is 34.4 Å². The molecular weight excluding hydrogens is 359 g/mol. The molecule has 7 heteroatoms. The number of hydrogen-bond acceptors (Lipinski definition) is 4. The average molecular weight is 381 g/mol. The van der Waals surface area contributed by atoms with E-state index in [9.17, 15) is 4.79 Å². The Bertz CT molecular complexity index is 722. The van der Waals surface area contributed by atoms with Gasteiger partial charge in [0.05, 0.1) is 0 Å². The van der Waals surface area contributed by atoms with Gasteiger partial charge < -0.3 is 15.5 Å². The maximum atomic E-state index is 12.3. The van der Waals surface area contributed by atoms with Gasteiger partial charge in [0, 0.05) is 41.4 Å². The van der Waals surface area contributed by atoms with Gasteiger partial charge in [0.15, 0.2) is 0 Å². The van der Waals surface area contributed by atoms with Crippen LogP contribution < -0.4 is 10.6 Å². The highest BCUT2D eigenvalue weighted by Gasteiger charge is 2.07. The minimum Gasteiger partial charge on any atom is -0.369 e. The summed E-state index contributed by atoms with van der Waals surface area (Å²) in [4.78, 5) is 18.6. The quantitative estimate of drug-likeness (QED) is 0.737. The van der Waals surface area contributed by atoms with Crippen molar-refractivity contribution in [2.45, 2.75) is 6.42 Å². The molecule has 1 aromatic heterocycles. The number of nitrogens with zero attached hydrogens (tertiary/aromatic N) is 2. The molecule has 25 heavy (non-hydrogen) atoms. The van der Waals surface area contributed by atoms with Gasteiger partial charge >= 0.3 is 0 Å². The van der Waals surface area contributed by atoms with Crippen molar-refractivity contribution in [1.82, 2.24) is 15.2 Å². The van der Waals surface area contributed by atoms with Crippen LogP contribution in [-0.2, 0) is 6.42 Å². The zero-order valence-corrected chi connectivity index (χ0v) is 15.9. The molecule has 2 N–H and O–H groups in total. The molecule has 0 spiro atoms. The lowest BCUT2D eigenvalue weighted by Crippen LogP contribution is -2.26. The van der Waals surface area contributed by atoms with Gasteiger partial charge in [0.1, 0.15) is 5.82 Å². The first-order valence-electron chi connectivity index (χ1n) is 8.02. The van der Waals surface area contributed by atoms with Crippen LogP contribution >= 0.6 is 23.2 Å². The molecule has 2 aromatic rings. The van der Waals surface area contributed by atoms with Crippen LogP contribution in [0.4, 0.5) is 5.82 Å². The summed E-state index contributed by atoms with van der Waals surface area (Å²) in [6.45, 7) is 2.14. The lowest BCUT2D eigenvalue weighted by atomic mass is 10.1. The monoisotopic (exact) mass is 380 g/mol. The number of pyridine rings is 1.